The summed E-state index contributed by atoms with van der Waals surface area (Å²) < 4.78 is 35.0. The van der Waals surface area contributed by atoms with E-state index in [1.165, 1.54) is 5.57 Å². The van der Waals surface area contributed by atoms with E-state index in [0.717, 1.165) is 5.56 Å². The molecule has 2 aliphatic rings. The van der Waals surface area contributed by atoms with Crippen LogP contribution in [0.5, 0.6) is 11.5 Å². The summed E-state index contributed by atoms with van der Waals surface area (Å²) in [6, 6.07) is 5.28. The van der Waals surface area contributed by atoms with Gasteiger partial charge in [0.25, 0.3) is 0 Å². The minimum Gasteiger partial charge on any atom is -0.493 e. The molecule has 6 nitrogen and oxygen atoms in total. The molecule has 30 heavy (non-hydrogen) atoms. The van der Waals surface area contributed by atoms with Crippen molar-refractivity contribution in [2.24, 2.45) is 17.3 Å². The minimum atomic E-state index is -3.11. The van der Waals surface area contributed by atoms with E-state index < -0.39 is 9.84 Å². The molecule has 7 heteroatoms. The SMILES string of the molecule is COc1ccc(CN(C(=O)[C@@H]2[C@H](C=C(C)C)C2(C)C)[C@H]2CCS(=O)(=O)C2)cc1OC. The number of hydrogen-bond donors (Lipinski definition) is 0. The second-order valence-corrected chi connectivity index (χ2v) is 11.5. The fraction of sp³-hybridized carbons (Fsp3) is 0.609. The zero-order valence-electron chi connectivity index (χ0n) is 18.8. The van der Waals surface area contributed by atoms with Gasteiger partial charge in [-0.1, -0.05) is 31.6 Å². The van der Waals surface area contributed by atoms with Crippen molar-refractivity contribution >= 4 is 15.7 Å². The molecule has 166 valence electrons. The Morgan fingerprint density at radius 1 is 1.20 bits per heavy atom. The zero-order valence-corrected chi connectivity index (χ0v) is 19.6. The Morgan fingerprint density at radius 3 is 2.40 bits per heavy atom. The maximum Gasteiger partial charge on any atom is 0.227 e. The van der Waals surface area contributed by atoms with Crippen molar-refractivity contribution in [2.45, 2.75) is 46.7 Å². The molecule has 1 aliphatic carbocycles. The monoisotopic (exact) mass is 435 g/mol. The number of amides is 1. The van der Waals surface area contributed by atoms with E-state index in [2.05, 4.69) is 19.9 Å². The summed E-state index contributed by atoms with van der Waals surface area (Å²) >= 11 is 0. The molecule has 1 amide bonds. The Kier molecular flexibility index (Phi) is 6.23. The van der Waals surface area contributed by atoms with E-state index in [0.29, 0.717) is 24.5 Å². The highest BCUT2D eigenvalue weighted by Gasteiger charge is 2.61. The van der Waals surface area contributed by atoms with Gasteiger partial charge in [-0.15, -0.1) is 0 Å². The van der Waals surface area contributed by atoms with Crippen LogP contribution in [-0.4, -0.2) is 51.0 Å². The molecule has 1 heterocycles. The molecule has 1 saturated heterocycles. The molecule has 0 N–H and O–H groups in total. The standard InChI is InChI=1S/C23H33NO5S/c1-15(2)11-18-21(23(18,3)4)22(25)24(17-9-10-30(26,27)14-17)13-16-7-8-19(28-5)20(12-16)29-6/h7-8,11-12,17-18,21H,9-10,13-14H2,1-6H3/t17-,18-,21-/m0/s1. The Bertz CT molecular complexity index is 946. The number of ether oxygens (including phenoxy) is 2. The fourth-order valence-electron chi connectivity index (χ4n) is 4.58. The van der Waals surface area contributed by atoms with Crippen molar-refractivity contribution in [3.05, 3.63) is 35.4 Å². The maximum atomic E-state index is 13.6. The number of allylic oxidation sites excluding steroid dienone is 2. The van der Waals surface area contributed by atoms with E-state index in [9.17, 15) is 13.2 Å². The molecule has 0 bridgehead atoms. The number of nitrogens with zero attached hydrogens (tertiary/aromatic N) is 1. The van der Waals surface area contributed by atoms with Crippen LogP contribution in [-0.2, 0) is 21.2 Å². The number of methoxy groups -OCH3 is 2. The average molecular weight is 436 g/mol. The van der Waals surface area contributed by atoms with Crippen molar-refractivity contribution in [2.75, 3.05) is 25.7 Å². The van der Waals surface area contributed by atoms with Crippen molar-refractivity contribution in [1.82, 2.24) is 4.90 Å². The smallest absolute Gasteiger partial charge is 0.227 e. The first-order chi connectivity index (χ1) is 14.0. The molecule has 1 saturated carbocycles. The van der Waals surface area contributed by atoms with Gasteiger partial charge in [0.1, 0.15) is 0 Å². The topological polar surface area (TPSA) is 72.9 Å². The first kappa shape index (κ1) is 22.7. The first-order valence-electron chi connectivity index (χ1n) is 10.4. The van der Waals surface area contributed by atoms with Crippen LogP contribution in [0.4, 0.5) is 0 Å². The van der Waals surface area contributed by atoms with Gasteiger partial charge in [0, 0.05) is 12.6 Å². The largest absolute Gasteiger partial charge is 0.493 e. The van der Waals surface area contributed by atoms with Gasteiger partial charge in [-0.3, -0.25) is 4.79 Å². The lowest BCUT2D eigenvalue weighted by Gasteiger charge is -2.29. The lowest BCUT2D eigenvalue weighted by molar-refractivity contribution is -0.136. The summed E-state index contributed by atoms with van der Waals surface area (Å²) in [5, 5.41) is 0. The molecule has 1 aromatic rings. The van der Waals surface area contributed by atoms with Crippen molar-refractivity contribution in [3.63, 3.8) is 0 Å². The van der Waals surface area contributed by atoms with E-state index >= 15 is 0 Å². The Hall–Kier alpha value is -2.02. The third-order valence-corrected chi connectivity index (χ3v) is 8.17. The van der Waals surface area contributed by atoms with Gasteiger partial charge in [0.05, 0.1) is 31.6 Å². The normalized spacial score (nSPS) is 26.0. The zero-order chi connectivity index (χ0) is 22.3. The van der Waals surface area contributed by atoms with Gasteiger partial charge in [-0.25, -0.2) is 8.42 Å². The number of carbonyl (C=O) groups excluding carboxylic acids is 1. The van der Waals surface area contributed by atoms with Gasteiger partial charge >= 0.3 is 0 Å². The lowest BCUT2D eigenvalue weighted by Crippen LogP contribution is -2.42. The molecule has 3 rings (SSSR count). The van der Waals surface area contributed by atoms with Crippen molar-refractivity contribution < 1.29 is 22.7 Å². The minimum absolute atomic E-state index is 0.0342. The molecular weight excluding hydrogens is 402 g/mol. The molecule has 2 fully saturated rings. The second-order valence-electron chi connectivity index (χ2n) is 9.28. The van der Waals surface area contributed by atoms with E-state index in [1.807, 2.05) is 32.0 Å². The second kappa shape index (κ2) is 8.25. The fourth-order valence-corrected chi connectivity index (χ4v) is 6.31. The number of rotatable bonds is 7. The van der Waals surface area contributed by atoms with Crippen LogP contribution < -0.4 is 9.47 Å². The molecule has 0 aromatic heterocycles. The third kappa shape index (κ3) is 4.51. The third-order valence-electron chi connectivity index (χ3n) is 6.42. The highest BCUT2D eigenvalue weighted by atomic mass is 32.2. The molecule has 1 aromatic carbocycles. The summed E-state index contributed by atoms with van der Waals surface area (Å²) in [6.07, 6.45) is 2.66. The summed E-state index contributed by atoms with van der Waals surface area (Å²) in [5.74, 6) is 1.48. The molecule has 0 unspecified atom stereocenters. The lowest BCUT2D eigenvalue weighted by atomic mass is 10.1. The number of sulfone groups is 1. The molecule has 0 spiro atoms. The van der Waals surface area contributed by atoms with Crippen LogP contribution >= 0.6 is 0 Å². The summed E-state index contributed by atoms with van der Waals surface area (Å²) in [7, 11) is 0.0460. The first-order valence-corrected chi connectivity index (χ1v) is 12.2. The van der Waals surface area contributed by atoms with Gasteiger partial charge in [0.15, 0.2) is 21.3 Å². The van der Waals surface area contributed by atoms with Crippen LogP contribution in [0, 0.1) is 17.3 Å². The molecule has 0 radical (unpaired) electrons. The van der Waals surface area contributed by atoms with Crippen LogP contribution in [0.3, 0.4) is 0 Å². The predicted molar refractivity (Wildman–Crippen MR) is 117 cm³/mol. The molecular formula is C23H33NO5S. The highest BCUT2D eigenvalue weighted by molar-refractivity contribution is 7.91. The number of benzene rings is 1. The van der Waals surface area contributed by atoms with Crippen LogP contribution in [0.25, 0.3) is 0 Å². The van der Waals surface area contributed by atoms with Crippen molar-refractivity contribution in [1.29, 1.82) is 0 Å². The Balaban J connectivity index is 1.90. The van der Waals surface area contributed by atoms with Gasteiger partial charge in [0.2, 0.25) is 5.91 Å². The maximum absolute atomic E-state index is 13.6. The summed E-state index contributed by atoms with van der Waals surface area (Å²) in [6.45, 7) is 8.66. The van der Waals surface area contributed by atoms with Crippen molar-refractivity contribution in [3.8, 4) is 11.5 Å². The van der Waals surface area contributed by atoms with Gasteiger partial charge < -0.3 is 14.4 Å². The number of carbonyl (C=O) groups is 1. The predicted octanol–water partition coefficient (Wildman–Crippen LogP) is 3.46. The molecule has 3 atom stereocenters. The van der Waals surface area contributed by atoms with Crippen LogP contribution in [0.1, 0.15) is 39.7 Å². The van der Waals surface area contributed by atoms with Gasteiger partial charge in [-0.2, -0.15) is 0 Å². The molecule has 1 aliphatic heterocycles. The Labute approximate surface area is 180 Å². The summed E-state index contributed by atoms with van der Waals surface area (Å²) in [4.78, 5) is 15.4. The Morgan fingerprint density at radius 2 is 1.87 bits per heavy atom. The van der Waals surface area contributed by atoms with Gasteiger partial charge in [-0.05, 0) is 49.3 Å². The number of hydrogen-bond acceptors (Lipinski definition) is 5. The van der Waals surface area contributed by atoms with E-state index in [1.54, 1.807) is 19.1 Å². The highest BCUT2D eigenvalue weighted by Crippen LogP contribution is 2.60. The van der Waals surface area contributed by atoms with E-state index in [-0.39, 0.29) is 40.7 Å². The summed E-state index contributed by atoms with van der Waals surface area (Å²) in [5.41, 5.74) is 1.96. The quantitative estimate of drug-likeness (QED) is 0.614. The van der Waals surface area contributed by atoms with Crippen LogP contribution in [0.2, 0.25) is 0 Å². The van der Waals surface area contributed by atoms with Crippen LogP contribution in [0.15, 0.2) is 29.8 Å². The van der Waals surface area contributed by atoms with E-state index in [4.69, 9.17) is 9.47 Å². The average Bonchev–Trinajstić information content (AvgIpc) is 3.00.